The normalized spacial score (nSPS) is 32.3. The molecule has 0 saturated carbocycles. The fraction of sp³-hybridized carbons (Fsp3) is 0.800. The molecule has 4 rings (SSSR count). The Labute approximate surface area is 298 Å². The highest BCUT2D eigenvalue weighted by molar-refractivity contribution is 7.82. The molecule has 4 aliphatic rings. The largest absolute Gasteiger partial charge is 0.175 e. The second-order valence-corrected chi connectivity index (χ2v) is 18.6. The van der Waals surface area contributed by atoms with Crippen LogP contribution in [0.3, 0.4) is 0 Å². The summed E-state index contributed by atoms with van der Waals surface area (Å²) >= 11 is 18.5. The molecule has 0 amide bonds. The van der Waals surface area contributed by atoms with Gasteiger partial charge in [-0.05, 0) is 127 Å². The van der Waals surface area contributed by atoms with Crippen LogP contribution in [0.1, 0.15) is 141 Å². The van der Waals surface area contributed by atoms with E-state index in [-0.39, 0.29) is 4.75 Å². The Morgan fingerprint density at radius 2 is 1.32 bits per heavy atom. The van der Waals surface area contributed by atoms with Crippen LogP contribution in [0.2, 0.25) is 0 Å². The third-order valence-corrected chi connectivity index (χ3v) is 13.4. The van der Waals surface area contributed by atoms with Gasteiger partial charge in [0.05, 0.1) is 0 Å². The standard InChI is InChI=1S/4C10H18S/c1-8(2)10(11)6-4-9(3)5-7-10;1-7(2)9-5-4-8(3)10(11)6-9;2*1-7(2)9-5-4-8(3)6-10(9)11/h4,8,11H,5-7H2,1-3H3;4,7,9-11H,5-6H2,1-3H3;6-7,9-11H,4-5H2,1-3H3;4,7,9-11H,5-6H2,1-3H3. The van der Waals surface area contributed by atoms with Crippen molar-refractivity contribution in [3.8, 4) is 0 Å². The van der Waals surface area contributed by atoms with E-state index in [0.717, 1.165) is 41.9 Å². The third-order valence-electron chi connectivity index (χ3n) is 10.8. The first-order valence-corrected chi connectivity index (χ1v) is 19.8. The molecule has 0 spiro atoms. The van der Waals surface area contributed by atoms with Crippen molar-refractivity contribution in [2.75, 3.05) is 0 Å². The second-order valence-electron chi connectivity index (χ2n) is 15.9. The van der Waals surface area contributed by atoms with E-state index in [4.69, 9.17) is 12.6 Å². The van der Waals surface area contributed by atoms with Crippen molar-refractivity contribution >= 4 is 50.5 Å². The molecule has 7 atom stereocenters. The van der Waals surface area contributed by atoms with Gasteiger partial charge in [-0.2, -0.15) is 50.5 Å². The van der Waals surface area contributed by atoms with Crippen molar-refractivity contribution in [2.24, 2.45) is 41.4 Å². The maximum absolute atomic E-state index is 4.74. The molecule has 4 aliphatic carbocycles. The Morgan fingerprint density at radius 1 is 0.705 bits per heavy atom. The zero-order valence-electron chi connectivity index (χ0n) is 30.7. The molecule has 0 aromatic carbocycles. The van der Waals surface area contributed by atoms with E-state index >= 15 is 0 Å². The van der Waals surface area contributed by atoms with Gasteiger partial charge >= 0.3 is 0 Å². The van der Waals surface area contributed by atoms with Gasteiger partial charge in [-0.15, -0.1) is 0 Å². The van der Waals surface area contributed by atoms with E-state index in [1.165, 1.54) is 73.7 Å². The van der Waals surface area contributed by atoms with Crippen molar-refractivity contribution in [3.05, 3.63) is 46.6 Å². The SMILES string of the molecule is CC1=CC(S)C(C(C)C)CC1.CC1=CCC(C(C)C)C(S)C1.CC1=CCC(C(C)C)CC1S.CC1=CCC(S)(C(C)C)CC1. The van der Waals surface area contributed by atoms with E-state index in [9.17, 15) is 0 Å². The average Bonchev–Trinajstić information content (AvgIpc) is 2.92. The number of rotatable bonds is 4. The Kier molecular flexibility index (Phi) is 19.9. The minimum atomic E-state index is 0.277. The summed E-state index contributed by atoms with van der Waals surface area (Å²) in [4.78, 5) is 0. The van der Waals surface area contributed by atoms with Crippen molar-refractivity contribution in [1.82, 2.24) is 0 Å². The van der Waals surface area contributed by atoms with Gasteiger partial charge < -0.3 is 0 Å². The maximum Gasteiger partial charge on any atom is 0.0230 e. The van der Waals surface area contributed by atoms with Gasteiger partial charge in [-0.3, -0.25) is 0 Å². The quantitative estimate of drug-likeness (QED) is 0.165. The van der Waals surface area contributed by atoms with Crippen LogP contribution in [0.25, 0.3) is 0 Å². The summed E-state index contributed by atoms with van der Waals surface area (Å²) in [6.45, 7) is 27.1. The monoisotopic (exact) mass is 680 g/mol. The third kappa shape index (κ3) is 15.1. The molecule has 0 nitrogen and oxygen atoms in total. The van der Waals surface area contributed by atoms with E-state index < -0.39 is 0 Å². The lowest BCUT2D eigenvalue weighted by atomic mass is 9.82. The molecule has 0 heterocycles. The van der Waals surface area contributed by atoms with Crippen LogP contribution in [-0.4, -0.2) is 20.5 Å². The summed E-state index contributed by atoms with van der Waals surface area (Å²) in [6.07, 6.45) is 20.6. The zero-order valence-corrected chi connectivity index (χ0v) is 34.3. The molecule has 256 valence electrons. The predicted octanol–water partition coefficient (Wildman–Crippen LogP) is 13.3. The summed E-state index contributed by atoms with van der Waals surface area (Å²) in [5.74, 6) is 5.51. The first kappa shape index (κ1) is 42.4. The van der Waals surface area contributed by atoms with Gasteiger partial charge in [0.15, 0.2) is 0 Å². The van der Waals surface area contributed by atoms with Crippen molar-refractivity contribution < 1.29 is 0 Å². The zero-order chi connectivity index (χ0) is 33.8. The minimum absolute atomic E-state index is 0.277. The first-order valence-electron chi connectivity index (χ1n) is 17.8. The van der Waals surface area contributed by atoms with Gasteiger partial charge in [0.25, 0.3) is 0 Å². The van der Waals surface area contributed by atoms with Crippen LogP contribution in [0.5, 0.6) is 0 Å². The van der Waals surface area contributed by atoms with E-state index in [1.807, 2.05) is 0 Å². The number of thiol groups is 4. The molecule has 0 fully saturated rings. The lowest BCUT2D eigenvalue weighted by Gasteiger charge is -2.35. The highest BCUT2D eigenvalue weighted by Gasteiger charge is 2.30. The summed E-state index contributed by atoms with van der Waals surface area (Å²) < 4.78 is 0.277. The molecular weight excluding hydrogens is 609 g/mol. The van der Waals surface area contributed by atoms with Crippen molar-refractivity contribution in [1.29, 1.82) is 0 Å². The lowest BCUT2D eigenvalue weighted by Crippen LogP contribution is -2.30. The minimum Gasteiger partial charge on any atom is -0.175 e. The molecule has 0 saturated heterocycles. The highest BCUT2D eigenvalue weighted by Crippen LogP contribution is 2.39. The summed E-state index contributed by atoms with van der Waals surface area (Å²) in [5.41, 5.74) is 6.03. The van der Waals surface area contributed by atoms with Crippen LogP contribution < -0.4 is 0 Å². The van der Waals surface area contributed by atoms with Crippen LogP contribution in [-0.2, 0) is 0 Å². The predicted molar refractivity (Wildman–Crippen MR) is 216 cm³/mol. The van der Waals surface area contributed by atoms with E-state index in [2.05, 4.69) is 145 Å². The summed E-state index contributed by atoms with van der Waals surface area (Å²) in [5, 5.41) is 1.62. The van der Waals surface area contributed by atoms with Gasteiger partial charge in [0.2, 0.25) is 0 Å². The Balaban J connectivity index is 0.000000293. The molecule has 0 bridgehead atoms. The second kappa shape index (κ2) is 20.7. The topological polar surface area (TPSA) is 0 Å². The molecule has 0 aromatic heterocycles. The number of hydrogen-bond donors (Lipinski definition) is 4. The Morgan fingerprint density at radius 3 is 1.75 bits per heavy atom. The molecule has 0 radical (unpaired) electrons. The fourth-order valence-corrected chi connectivity index (χ4v) is 8.73. The molecule has 44 heavy (non-hydrogen) atoms. The lowest BCUT2D eigenvalue weighted by molar-refractivity contribution is 0.355. The molecule has 0 N–H and O–H groups in total. The molecule has 7 unspecified atom stereocenters. The molecular formula is C40H72S4. The number of allylic oxidation sites excluding steroid dienone is 6. The molecule has 0 aromatic rings. The van der Waals surface area contributed by atoms with Crippen LogP contribution in [0.4, 0.5) is 0 Å². The Hall–Kier alpha value is 0.360. The van der Waals surface area contributed by atoms with Gasteiger partial charge in [0, 0.05) is 20.5 Å². The van der Waals surface area contributed by atoms with Crippen LogP contribution >= 0.6 is 50.5 Å². The van der Waals surface area contributed by atoms with Gasteiger partial charge in [-0.25, -0.2) is 0 Å². The van der Waals surface area contributed by atoms with Crippen molar-refractivity contribution in [3.63, 3.8) is 0 Å². The molecule has 4 heteroatoms. The van der Waals surface area contributed by atoms with Gasteiger partial charge in [0.1, 0.15) is 0 Å². The number of hydrogen-bond acceptors (Lipinski definition) is 4. The first-order chi connectivity index (χ1) is 20.4. The maximum atomic E-state index is 4.74. The van der Waals surface area contributed by atoms with Gasteiger partial charge in [-0.1, -0.05) is 102 Å². The summed E-state index contributed by atoms with van der Waals surface area (Å²) in [6, 6.07) is 0. The Bertz CT molecular complexity index is 946. The molecule has 0 aliphatic heterocycles. The van der Waals surface area contributed by atoms with Crippen LogP contribution in [0, 0.1) is 41.4 Å². The van der Waals surface area contributed by atoms with E-state index in [0.29, 0.717) is 21.7 Å². The fourth-order valence-electron chi connectivity index (χ4n) is 6.65. The smallest absolute Gasteiger partial charge is 0.0230 e. The average molecular weight is 681 g/mol. The highest BCUT2D eigenvalue weighted by atomic mass is 32.1. The van der Waals surface area contributed by atoms with E-state index in [1.54, 1.807) is 0 Å². The van der Waals surface area contributed by atoms with Crippen molar-refractivity contribution in [2.45, 2.75) is 161 Å². The summed E-state index contributed by atoms with van der Waals surface area (Å²) in [7, 11) is 0. The van der Waals surface area contributed by atoms with Crippen LogP contribution in [0.15, 0.2) is 46.6 Å².